The van der Waals surface area contributed by atoms with Crippen molar-refractivity contribution in [1.82, 2.24) is 19.4 Å². The molecule has 0 spiro atoms. The average molecular weight is 374 g/mol. The van der Waals surface area contributed by atoms with Crippen LogP contribution in [0.5, 0.6) is 0 Å². The van der Waals surface area contributed by atoms with Gasteiger partial charge in [0.2, 0.25) is 0 Å². The smallest absolute Gasteiger partial charge is 0.274 e. The molecule has 0 radical (unpaired) electrons. The Morgan fingerprint density at radius 2 is 2.11 bits per heavy atom. The van der Waals surface area contributed by atoms with E-state index in [0.717, 1.165) is 52.0 Å². The highest BCUT2D eigenvalue weighted by Crippen LogP contribution is 2.21. The number of fused-ring (bicyclic) bond motifs is 1. The van der Waals surface area contributed by atoms with Gasteiger partial charge in [0.05, 0.1) is 5.56 Å². The predicted molar refractivity (Wildman–Crippen MR) is 106 cm³/mol. The Bertz CT molecular complexity index is 833. The van der Waals surface area contributed by atoms with Gasteiger partial charge in [-0.05, 0) is 44.3 Å². The summed E-state index contributed by atoms with van der Waals surface area (Å²) in [6, 6.07) is 1.80. The van der Waals surface area contributed by atoms with Crippen molar-refractivity contribution in [1.29, 1.82) is 0 Å². The molecule has 1 fully saturated rings. The van der Waals surface area contributed by atoms with Gasteiger partial charge >= 0.3 is 0 Å². The number of aromatic amines is 1. The topological polar surface area (TPSA) is 70.6 Å². The van der Waals surface area contributed by atoms with Gasteiger partial charge in [-0.1, -0.05) is 0 Å². The minimum atomic E-state index is -0.116. The Hall–Kier alpha value is -2.12. The molecule has 2 aromatic rings. The SMILES string of the molecule is COCCCN1CCC(CN(C)C(=O)c2cn(C)c(=O)c3[nH]ccc23)CC1. The van der Waals surface area contributed by atoms with Gasteiger partial charge < -0.3 is 24.1 Å². The molecule has 0 unspecified atom stereocenters. The van der Waals surface area contributed by atoms with Gasteiger partial charge in [-0.2, -0.15) is 0 Å². The molecule has 1 N–H and O–H groups in total. The summed E-state index contributed by atoms with van der Waals surface area (Å²) in [6.45, 7) is 4.80. The molecule has 7 nitrogen and oxygen atoms in total. The third-order valence-electron chi connectivity index (χ3n) is 5.53. The van der Waals surface area contributed by atoms with Crippen LogP contribution in [0.25, 0.3) is 10.9 Å². The Morgan fingerprint density at radius 3 is 2.81 bits per heavy atom. The van der Waals surface area contributed by atoms with Crippen molar-refractivity contribution < 1.29 is 9.53 Å². The van der Waals surface area contributed by atoms with Crippen molar-refractivity contribution in [2.45, 2.75) is 19.3 Å². The summed E-state index contributed by atoms with van der Waals surface area (Å²) >= 11 is 0. The van der Waals surface area contributed by atoms with Crippen molar-refractivity contribution in [2.24, 2.45) is 13.0 Å². The fraction of sp³-hybridized carbons (Fsp3) is 0.600. The molecular formula is C20H30N4O3. The molecule has 7 heteroatoms. The Kier molecular flexibility index (Phi) is 6.34. The highest BCUT2D eigenvalue weighted by atomic mass is 16.5. The Balaban J connectivity index is 1.60. The van der Waals surface area contributed by atoms with Gasteiger partial charge in [0.15, 0.2) is 0 Å². The Labute approximate surface area is 159 Å². The van der Waals surface area contributed by atoms with Crippen LogP contribution in [-0.4, -0.2) is 72.2 Å². The van der Waals surface area contributed by atoms with Crippen LogP contribution in [-0.2, 0) is 11.8 Å². The van der Waals surface area contributed by atoms with E-state index in [1.807, 2.05) is 7.05 Å². The lowest BCUT2D eigenvalue weighted by Crippen LogP contribution is -2.40. The summed E-state index contributed by atoms with van der Waals surface area (Å²) in [4.78, 5) is 32.4. The second-order valence-electron chi connectivity index (χ2n) is 7.54. The fourth-order valence-corrected chi connectivity index (χ4v) is 3.94. The lowest BCUT2D eigenvalue weighted by Gasteiger charge is -2.34. The van der Waals surface area contributed by atoms with Crippen molar-refractivity contribution in [3.05, 3.63) is 34.4 Å². The zero-order valence-corrected chi connectivity index (χ0v) is 16.5. The molecular weight excluding hydrogens is 344 g/mol. The fourth-order valence-electron chi connectivity index (χ4n) is 3.94. The van der Waals surface area contributed by atoms with E-state index in [1.54, 1.807) is 37.5 Å². The van der Waals surface area contributed by atoms with E-state index in [1.165, 1.54) is 4.57 Å². The van der Waals surface area contributed by atoms with Crippen LogP contribution >= 0.6 is 0 Å². The van der Waals surface area contributed by atoms with Crippen molar-refractivity contribution >= 4 is 16.8 Å². The van der Waals surface area contributed by atoms with Gasteiger partial charge in [0.1, 0.15) is 5.52 Å². The molecule has 0 bridgehead atoms. The molecule has 1 saturated heterocycles. The summed E-state index contributed by atoms with van der Waals surface area (Å²) in [5, 5.41) is 0.697. The molecule has 1 amide bonds. The first kappa shape index (κ1) is 19.6. The lowest BCUT2D eigenvalue weighted by molar-refractivity contribution is 0.0736. The summed E-state index contributed by atoms with van der Waals surface area (Å²) in [6.07, 6.45) is 6.64. The maximum absolute atomic E-state index is 13.0. The number of hydrogen-bond acceptors (Lipinski definition) is 4. The zero-order chi connectivity index (χ0) is 19.4. The van der Waals surface area contributed by atoms with Crippen LogP contribution in [0.1, 0.15) is 29.6 Å². The maximum atomic E-state index is 13.0. The molecule has 27 heavy (non-hydrogen) atoms. The van der Waals surface area contributed by atoms with Crippen molar-refractivity contribution in [3.63, 3.8) is 0 Å². The van der Waals surface area contributed by atoms with E-state index in [9.17, 15) is 9.59 Å². The number of aryl methyl sites for hydroxylation is 1. The van der Waals surface area contributed by atoms with E-state index in [0.29, 0.717) is 22.4 Å². The largest absolute Gasteiger partial charge is 0.385 e. The number of aromatic nitrogens is 2. The first-order chi connectivity index (χ1) is 13.0. The monoisotopic (exact) mass is 374 g/mol. The molecule has 0 aromatic carbocycles. The first-order valence-corrected chi connectivity index (χ1v) is 9.64. The minimum absolute atomic E-state index is 0.0299. The number of rotatable bonds is 7. The van der Waals surface area contributed by atoms with Crippen LogP contribution in [0.3, 0.4) is 0 Å². The highest BCUT2D eigenvalue weighted by Gasteiger charge is 2.24. The number of nitrogens with one attached hydrogen (secondary N) is 1. The second-order valence-corrected chi connectivity index (χ2v) is 7.54. The van der Waals surface area contributed by atoms with Gasteiger partial charge in [0.25, 0.3) is 11.5 Å². The summed E-state index contributed by atoms with van der Waals surface area (Å²) in [5.74, 6) is 0.490. The number of pyridine rings is 1. The molecule has 0 aliphatic carbocycles. The number of hydrogen-bond donors (Lipinski definition) is 1. The summed E-state index contributed by atoms with van der Waals surface area (Å²) < 4.78 is 6.59. The van der Waals surface area contributed by atoms with Gasteiger partial charge in [0, 0.05) is 58.7 Å². The number of ether oxygens (including phenoxy) is 1. The molecule has 1 aliphatic rings. The van der Waals surface area contributed by atoms with E-state index < -0.39 is 0 Å². The molecule has 3 heterocycles. The van der Waals surface area contributed by atoms with Gasteiger partial charge in [-0.3, -0.25) is 9.59 Å². The summed E-state index contributed by atoms with van der Waals surface area (Å²) in [5.41, 5.74) is 0.948. The highest BCUT2D eigenvalue weighted by molar-refractivity contribution is 6.05. The number of methoxy groups -OCH3 is 1. The number of carbonyl (C=O) groups excluding carboxylic acids is 1. The van der Waals surface area contributed by atoms with Gasteiger partial charge in [-0.15, -0.1) is 0 Å². The lowest BCUT2D eigenvalue weighted by atomic mass is 9.96. The molecule has 0 saturated carbocycles. The predicted octanol–water partition coefficient (Wildman–Crippen LogP) is 1.69. The molecule has 1 aliphatic heterocycles. The van der Waals surface area contributed by atoms with Crippen LogP contribution in [0.15, 0.2) is 23.3 Å². The van der Waals surface area contributed by atoms with Gasteiger partial charge in [-0.25, -0.2) is 0 Å². The van der Waals surface area contributed by atoms with E-state index in [-0.39, 0.29) is 11.5 Å². The maximum Gasteiger partial charge on any atom is 0.274 e. The van der Waals surface area contributed by atoms with Crippen molar-refractivity contribution in [2.75, 3.05) is 46.9 Å². The third kappa shape index (κ3) is 4.42. The van der Waals surface area contributed by atoms with Crippen LogP contribution in [0, 0.1) is 5.92 Å². The van der Waals surface area contributed by atoms with Crippen LogP contribution in [0.2, 0.25) is 0 Å². The van der Waals surface area contributed by atoms with Crippen LogP contribution in [0.4, 0.5) is 0 Å². The number of carbonyl (C=O) groups is 1. The Morgan fingerprint density at radius 1 is 1.37 bits per heavy atom. The third-order valence-corrected chi connectivity index (χ3v) is 5.53. The average Bonchev–Trinajstić information content (AvgIpc) is 3.16. The van der Waals surface area contributed by atoms with Crippen LogP contribution < -0.4 is 5.56 Å². The number of likely N-dealkylation sites (tertiary alicyclic amines) is 1. The normalized spacial score (nSPS) is 16.1. The minimum Gasteiger partial charge on any atom is -0.385 e. The second kappa shape index (κ2) is 8.71. The van der Waals surface area contributed by atoms with E-state index >= 15 is 0 Å². The number of piperidine rings is 1. The standard InChI is InChI=1S/C20H30N4O3/c1-22(13-15-6-10-24(11-7-15)9-4-12-27-3)19(25)17-14-23(2)20(26)18-16(17)5-8-21-18/h5,8,14-15,21H,4,6-7,9-13H2,1-3H3. The summed E-state index contributed by atoms with van der Waals surface area (Å²) in [7, 11) is 5.28. The zero-order valence-electron chi connectivity index (χ0n) is 16.5. The van der Waals surface area contributed by atoms with E-state index in [4.69, 9.17) is 4.74 Å². The van der Waals surface area contributed by atoms with E-state index in [2.05, 4.69) is 9.88 Å². The quantitative estimate of drug-likeness (QED) is 0.749. The number of H-pyrrole nitrogens is 1. The molecule has 2 aromatic heterocycles. The number of amides is 1. The molecule has 148 valence electrons. The molecule has 0 atom stereocenters. The molecule has 3 rings (SSSR count). The van der Waals surface area contributed by atoms with Crippen molar-refractivity contribution in [3.8, 4) is 0 Å². The number of nitrogens with zero attached hydrogens (tertiary/aromatic N) is 3. The first-order valence-electron chi connectivity index (χ1n) is 9.64.